The van der Waals surface area contributed by atoms with Gasteiger partial charge in [0.15, 0.2) is 0 Å². The minimum atomic E-state index is -0.0583. The smallest absolute Gasteiger partial charge is 0.207 e. The minimum absolute atomic E-state index is 0.0583. The van der Waals surface area contributed by atoms with E-state index in [1.54, 1.807) is 0 Å². The maximum absolute atomic E-state index is 5.80. The third kappa shape index (κ3) is 2.85. The molecule has 1 atom stereocenters. The van der Waals surface area contributed by atoms with Crippen LogP contribution < -0.4 is 5.32 Å². The van der Waals surface area contributed by atoms with E-state index in [9.17, 15) is 0 Å². The summed E-state index contributed by atoms with van der Waals surface area (Å²) in [6, 6.07) is 10.6. The van der Waals surface area contributed by atoms with Gasteiger partial charge in [-0.25, -0.2) is 4.98 Å². The third-order valence-electron chi connectivity index (χ3n) is 3.76. The highest BCUT2D eigenvalue weighted by molar-refractivity contribution is 5.53. The van der Waals surface area contributed by atoms with Gasteiger partial charge in [-0.05, 0) is 38.8 Å². The molecular formula is C16H21N3O. The summed E-state index contributed by atoms with van der Waals surface area (Å²) in [6.45, 7) is 5.11. The summed E-state index contributed by atoms with van der Waals surface area (Å²) >= 11 is 0. The molecule has 1 fully saturated rings. The molecule has 0 aliphatic carbocycles. The van der Waals surface area contributed by atoms with Crippen LogP contribution in [0, 0.1) is 0 Å². The number of benzene rings is 1. The standard InChI is InChI=1S/C16H21N3O/c1-16(2)12-14(8-11-20-16)19-10-9-17-15(19)18-13-6-4-3-5-7-13/h3-7,9-10,14H,8,11-12H2,1-2H3,(H,17,18). The van der Waals surface area contributed by atoms with Crippen molar-refractivity contribution in [3.05, 3.63) is 42.7 Å². The van der Waals surface area contributed by atoms with Gasteiger partial charge >= 0.3 is 0 Å². The lowest BCUT2D eigenvalue weighted by Gasteiger charge is -2.36. The molecule has 4 heteroatoms. The maximum atomic E-state index is 5.80. The molecular weight excluding hydrogens is 250 g/mol. The number of nitrogens with zero attached hydrogens (tertiary/aromatic N) is 2. The number of imidazole rings is 1. The molecule has 1 aromatic heterocycles. The van der Waals surface area contributed by atoms with Crippen LogP contribution in [0.1, 0.15) is 32.7 Å². The first-order chi connectivity index (χ1) is 9.64. The van der Waals surface area contributed by atoms with E-state index in [0.29, 0.717) is 6.04 Å². The van der Waals surface area contributed by atoms with Crippen LogP contribution in [-0.4, -0.2) is 21.8 Å². The van der Waals surface area contributed by atoms with Crippen molar-refractivity contribution in [2.45, 2.75) is 38.3 Å². The normalized spacial score (nSPS) is 21.6. The van der Waals surface area contributed by atoms with Gasteiger partial charge in [0.1, 0.15) is 0 Å². The zero-order valence-corrected chi connectivity index (χ0v) is 12.0. The first kappa shape index (κ1) is 13.2. The summed E-state index contributed by atoms with van der Waals surface area (Å²) in [7, 11) is 0. The molecule has 106 valence electrons. The van der Waals surface area contributed by atoms with Crippen molar-refractivity contribution in [1.29, 1.82) is 0 Å². The van der Waals surface area contributed by atoms with E-state index in [1.807, 2.05) is 36.5 Å². The Morgan fingerprint density at radius 1 is 1.30 bits per heavy atom. The van der Waals surface area contributed by atoms with Crippen molar-refractivity contribution < 1.29 is 4.74 Å². The number of anilines is 2. The molecule has 1 unspecified atom stereocenters. The maximum Gasteiger partial charge on any atom is 0.207 e. The molecule has 0 radical (unpaired) electrons. The van der Waals surface area contributed by atoms with E-state index in [0.717, 1.165) is 31.1 Å². The lowest BCUT2D eigenvalue weighted by atomic mass is 9.94. The highest BCUT2D eigenvalue weighted by Crippen LogP contribution is 2.33. The monoisotopic (exact) mass is 271 g/mol. The molecule has 4 nitrogen and oxygen atoms in total. The van der Waals surface area contributed by atoms with Crippen LogP contribution in [0.3, 0.4) is 0 Å². The van der Waals surface area contributed by atoms with Crippen LogP contribution in [-0.2, 0) is 4.74 Å². The average molecular weight is 271 g/mol. The second-order valence-corrected chi connectivity index (χ2v) is 5.90. The van der Waals surface area contributed by atoms with Gasteiger partial charge in [0.2, 0.25) is 5.95 Å². The van der Waals surface area contributed by atoms with Crippen molar-refractivity contribution in [2.75, 3.05) is 11.9 Å². The Kier molecular flexibility index (Phi) is 3.49. The predicted molar refractivity (Wildman–Crippen MR) is 80.3 cm³/mol. The molecule has 2 heterocycles. The van der Waals surface area contributed by atoms with Crippen LogP contribution in [0.4, 0.5) is 11.6 Å². The molecule has 1 aromatic carbocycles. The van der Waals surface area contributed by atoms with Crippen molar-refractivity contribution in [1.82, 2.24) is 9.55 Å². The van der Waals surface area contributed by atoms with Crippen LogP contribution in [0.15, 0.2) is 42.7 Å². The zero-order valence-electron chi connectivity index (χ0n) is 12.0. The predicted octanol–water partition coefficient (Wildman–Crippen LogP) is 3.76. The largest absolute Gasteiger partial charge is 0.375 e. The molecule has 2 aromatic rings. The fraction of sp³-hybridized carbons (Fsp3) is 0.438. The Labute approximate surface area is 119 Å². The number of aromatic nitrogens is 2. The Hall–Kier alpha value is -1.81. The summed E-state index contributed by atoms with van der Waals surface area (Å²) < 4.78 is 8.03. The highest BCUT2D eigenvalue weighted by atomic mass is 16.5. The van der Waals surface area contributed by atoms with Crippen molar-refractivity contribution >= 4 is 11.6 Å². The van der Waals surface area contributed by atoms with Gasteiger partial charge in [-0.1, -0.05) is 18.2 Å². The van der Waals surface area contributed by atoms with Gasteiger partial charge < -0.3 is 14.6 Å². The number of ether oxygens (including phenoxy) is 1. The summed E-state index contributed by atoms with van der Waals surface area (Å²) in [5.41, 5.74) is 1.00. The summed E-state index contributed by atoms with van der Waals surface area (Å²) in [5.74, 6) is 0.902. The summed E-state index contributed by atoms with van der Waals surface area (Å²) in [5, 5.41) is 3.39. The van der Waals surface area contributed by atoms with E-state index >= 15 is 0 Å². The van der Waals surface area contributed by atoms with E-state index in [2.05, 4.69) is 34.9 Å². The second-order valence-electron chi connectivity index (χ2n) is 5.90. The van der Waals surface area contributed by atoms with Gasteiger partial charge in [0, 0.05) is 30.7 Å². The van der Waals surface area contributed by atoms with Crippen molar-refractivity contribution in [3.8, 4) is 0 Å². The fourth-order valence-electron chi connectivity index (χ4n) is 2.79. The first-order valence-electron chi connectivity index (χ1n) is 7.13. The number of nitrogens with one attached hydrogen (secondary N) is 1. The lowest BCUT2D eigenvalue weighted by Crippen LogP contribution is -2.35. The first-order valence-corrected chi connectivity index (χ1v) is 7.13. The SMILES string of the molecule is CC1(C)CC(n2ccnc2Nc2ccccc2)CCO1. The van der Waals surface area contributed by atoms with Gasteiger partial charge in [-0.15, -0.1) is 0 Å². The highest BCUT2D eigenvalue weighted by Gasteiger charge is 2.30. The summed E-state index contributed by atoms with van der Waals surface area (Å²) in [4.78, 5) is 4.45. The Bertz CT molecular complexity index is 562. The van der Waals surface area contributed by atoms with E-state index < -0.39 is 0 Å². The van der Waals surface area contributed by atoms with Gasteiger partial charge in [0.25, 0.3) is 0 Å². The van der Waals surface area contributed by atoms with Crippen LogP contribution >= 0.6 is 0 Å². The molecule has 20 heavy (non-hydrogen) atoms. The lowest BCUT2D eigenvalue weighted by molar-refractivity contribution is -0.0687. The quantitative estimate of drug-likeness (QED) is 0.924. The van der Waals surface area contributed by atoms with Crippen LogP contribution in [0.25, 0.3) is 0 Å². The van der Waals surface area contributed by atoms with E-state index in [4.69, 9.17) is 4.74 Å². The van der Waals surface area contributed by atoms with Crippen molar-refractivity contribution in [2.24, 2.45) is 0 Å². The number of hydrogen-bond donors (Lipinski definition) is 1. The Morgan fingerprint density at radius 3 is 2.85 bits per heavy atom. The molecule has 1 N–H and O–H groups in total. The van der Waals surface area contributed by atoms with E-state index in [-0.39, 0.29) is 5.60 Å². The molecule has 1 aliphatic heterocycles. The van der Waals surface area contributed by atoms with Gasteiger partial charge in [-0.3, -0.25) is 0 Å². The molecule has 1 saturated heterocycles. The molecule has 0 amide bonds. The van der Waals surface area contributed by atoms with E-state index in [1.165, 1.54) is 0 Å². The average Bonchev–Trinajstić information content (AvgIpc) is 2.87. The van der Waals surface area contributed by atoms with Crippen molar-refractivity contribution in [3.63, 3.8) is 0 Å². The molecule has 0 spiro atoms. The Morgan fingerprint density at radius 2 is 2.10 bits per heavy atom. The number of rotatable bonds is 3. The third-order valence-corrected chi connectivity index (χ3v) is 3.76. The fourth-order valence-corrected chi connectivity index (χ4v) is 2.79. The molecule has 0 saturated carbocycles. The Balaban J connectivity index is 1.80. The molecule has 1 aliphatic rings. The van der Waals surface area contributed by atoms with Gasteiger partial charge in [0.05, 0.1) is 5.60 Å². The van der Waals surface area contributed by atoms with Gasteiger partial charge in [-0.2, -0.15) is 0 Å². The number of para-hydroxylation sites is 1. The second kappa shape index (κ2) is 5.29. The molecule has 0 bridgehead atoms. The minimum Gasteiger partial charge on any atom is -0.375 e. The summed E-state index contributed by atoms with van der Waals surface area (Å²) in [6.07, 6.45) is 5.95. The number of hydrogen-bond acceptors (Lipinski definition) is 3. The van der Waals surface area contributed by atoms with Crippen LogP contribution in [0.2, 0.25) is 0 Å². The zero-order chi connectivity index (χ0) is 14.0. The molecule has 3 rings (SSSR count). The van der Waals surface area contributed by atoms with Crippen LogP contribution in [0.5, 0.6) is 0 Å². The topological polar surface area (TPSA) is 39.1 Å².